The van der Waals surface area contributed by atoms with E-state index in [4.69, 9.17) is 19.3 Å². The van der Waals surface area contributed by atoms with Gasteiger partial charge in [-0.05, 0) is 41.5 Å². The Morgan fingerprint density at radius 2 is 1.60 bits per heavy atom. The molecule has 1 aromatic heterocycles. The first-order valence-electron chi connectivity index (χ1n) is 11.6. The molecule has 8 heteroatoms. The molecular formula is C27H28N2O6. The molecule has 1 fully saturated rings. The Hall–Kier alpha value is -4.07. The fourth-order valence-corrected chi connectivity index (χ4v) is 3.80. The van der Waals surface area contributed by atoms with Gasteiger partial charge in [-0.25, -0.2) is 9.78 Å². The monoisotopic (exact) mass is 476 g/mol. The van der Waals surface area contributed by atoms with E-state index in [1.807, 2.05) is 30.3 Å². The van der Waals surface area contributed by atoms with Crippen LogP contribution in [0.5, 0.6) is 17.4 Å². The fraction of sp³-hybridized carbons (Fsp3) is 0.296. The lowest BCUT2D eigenvalue weighted by molar-refractivity contribution is -0.136. The van der Waals surface area contributed by atoms with Gasteiger partial charge in [0.25, 0.3) is 0 Å². The van der Waals surface area contributed by atoms with Gasteiger partial charge in [-0.15, -0.1) is 0 Å². The van der Waals surface area contributed by atoms with Crippen LogP contribution in [0.25, 0.3) is 0 Å². The van der Waals surface area contributed by atoms with Gasteiger partial charge in [0.1, 0.15) is 17.6 Å². The predicted octanol–water partition coefficient (Wildman–Crippen LogP) is 4.37. The van der Waals surface area contributed by atoms with Crippen LogP contribution in [0, 0.1) is 0 Å². The Balaban J connectivity index is 1.17. The lowest BCUT2D eigenvalue weighted by Crippen LogP contribution is -2.43. The number of carboxylic acid groups (broad SMARTS) is 1. The Morgan fingerprint density at radius 3 is 2.26 bits per heavy atom. The van der Waals surface area contributed by atoms with Crippen molar-refractivity contribution in [2.45, 2.75) is 31.8 Å². The number of pyridine rings is 1. The van der Waals surface area contributed by atoms with Crippen LogP contribution in [0.15, 0.2) is 72.9 Å². The fourth-order valence-electron chi connectivity index (χ4n) is 3.80. The molecule has 0 spiro atoms. The molecule has 1 aliphatic rings. The van der Waals surface area contributed by atoms with E-state index in [2.05, 4.69) is 4.98 Å². The summed E-state index contributed by atoms with van der Waals surface area (Å²) in [4.78, 5) is 29.2. The van der Waals surface area contributed by atoms with Crippen molar-refractivity contribution < 1.29 is 28.9 Å². The topological polar surface area (TPSA) is 98.2 Å². The van der Waals surface area contributed by atoms with Crippen LogP contribution in [0.2, 0.25) is 0 Å². The van der Waals surface area contributed by atoms with E-state index >= 15 is 0 Å². The minimum atomic E-state index is -0.861. The number of amides is 1. The zero-order chi connectivity index (χ0) is 24.5. The Bertz CT molecular complexity index is 1090. The lowest BCUT2D eigenvalue weighted by atomic mass is 10.1. The van der Waals surface area contributed by atoms with E-state index in [0.717, 1.165) is 17.5 Å². The highest BCUT2D eigenvalue weighted by Crippen LogP contribution is 2.21. The maximum absolute atomic E-state index is 12.6. The molecule has 4 rings (SSSR count). The first kappa shape index (κ1) is 24.1. The average molecular weight is 477 g/mol. The molecule has 0 aliphatic carbocycles. The molecule has 0 radical (unpaired) electrons. The largest absolute Gasteiger partial charge is 0.490 e. The van der Waals surface area contributed by atoms with E-state index < -0.39 is 5.97 Å². The number of aliphatic carboxylic acids is 1. The number of carbonyl (C=O) groups excluding carboxylic acids is 1. The number of hydrogen-bond donors (Lipinski definition) is 1. The molecule has 2 aromatic carbocycles. The first-order chi connectivity index (χ1) is 17.0. The molecule has 2 heterocycles. The van der Waals surface area contributed by atoms with Crippen LogP contribution in [-0.2, 0) is 17.6 Å². The van der Waals surface area contributed by atoms with Crippen LogP contribution in [-0.4, -0.2) is 52.9 Å². The molecule has 0 bridgehead atoms. The maximum Gasteiger partial charge on any atom is 0.415 e. The smallest absolute Gasteiger partial charge is 0.415 e. The van der Waals surface area contributed by atoms with Crippen molar-refractivity contribution in [1.82, 2.24) is 9.88 Å². The van der Waals surface area contributed by atoms with Crippen molar-refractivity contribution in [3.8, 4) is 17.4 Å². The summed E-state index contributed by atoms with van der Waals surface area (Å²) in [6.07, 6.45) is 3.43. The predicted molar refractivity (Wildman–Crippen MR) is 129 cm³/mol. The molecule has 0 atom stereocenters. The summed E-state index contributed by atoms with van der Waals surface area (Å²) in [6, 6.07) is 20.1. The summed E-state index contributed by atoms with van der Waals surface area (Å²) in [5, 5.41) is 8.86. The number of nitrogens with zero attached hydrogens (tertiary/aromatic N) is 2. The van der Waals surface area contributed by atoms with Crippen LogP contribution in [0.3, 0.4) is 0 Å². The van der Waals surface area contributed by atoms with Crippen molar-refractivity contribution in [3.63, 3.8) is 0 Å². The second-order valence-electron chi connectivity index (χ2n) is 8.30. The molecular weight excluding hydrogens is 448 g/mol. The normalized spacial score (nSPS) is 13.8. The van der Waals surface area contributed by atoms with Crippen molar-refractivity contribution >= 4 is 12.1 Å². The third-order valence-corrected chi connectivity index (χ3v) is 5.69. The van der Waals surface area contributed by atoms with E-state index in [9.17, 15) is 9.59 Å². The van der Waals surface area contributed by atoms with Crippen molar-refractivity contribution in [3.05, 3.63) is 84.1 Å². The van der Waals surface area contributed by atoms with Crippen molar-refractivity contribution in [1.29, 1.82) is 0 Å². The van der Waals surface area contributed by atoms with E-state index in [1.165, 1.54) is 0 Å². The number of carboxylic acids is 1. The first-order valence-corrected chi connectivity index (χ1v) is 11.6. The number of aromatic nitrogens is 1. The number of piperidine rings is 1. The van der Waals surface area contributed by atoms with Gasteiger partial charge >= 0.3 is 12.1 Å². The van der Waals surface area contributed by atoms with Gasteiger partial charge in [0.05, 0.1) is 13.0 Å². The summed E-state index contributed by atoms with van der Waals surface area (Å²) < 4.78 is 17.1. The van der Waals surface area contributed by atoms with Gasteiger partial charge in [-0.3, -0.25) is 4.79 Å². The Morgan fingerprint density at radius 1 is 0.914 bits per heavy atom. The minimum absolute atomic E-state index is 0.00281. The average Bonchev–Trinajstić information content (AvgIpc) is 2.87. The highest BCUT2D eigenvalue weighted by molar-refractivity contribution is 5.71. The summed E-state index contributed by atoms with van der Waals surface area (Å²) >= 11 is 0. The van der Waals surface area contributed by atoms with Crippen LogP contribution in [0.4, 0.5) is 4.79 Å². The van der Waals surface area contributed by atoms with Gasteiger partial charge in [0.2, 0.25) is 5.88 Å². The van der Waals surface area contributed by atoms with E-state index in [1.54, 1.807) is 47.5 Å². The molecule has 182 valence electrons. The molecule has 0 saturated carbocycles. The number of ether oxygens (including phenoxy) is 3. The SMILES string of the molecule is O=C(O)Cc1ccc(OC2CCN(C(=O)Oc3ccc(CCOc4ccccn4)cc3)CC2)cc1. The number of carbonyl (C=O) groups is 2. The summed E-state index contributed by atoms with van der Waals surface area (Å²) in [6.45, 7) is 1.60. The highest BCUT2D eigenvalue weighted by Gasteiger charge is 2.25. The maximum atomic E-state index is 12.6. The zero-order valence-corrected chi connectivity index (χ0v) is 19.3. The molecule has 1 aliphatic heterocycles. The van der Waals surface area contributed by atoms with Gasteiger partial charge in [0.15, 0.2) is 0 Å². The van der Waals surface area contributed by atoms with Gasteiger partial charge in [-0.1, -0.05) is 30.3 Å². The van der Waals surface area contributed by atoms with Crippen molar-refractivity contribution in [2.24, 2.45) is 0 Å². The number of benzene rings is 2. The molecule has 1 saturated heterocycles. The number of likely N-dealkylation sites (tertiary alicyclic amines) is 1. The molecule has 3 aromatic rings. The van der Waals surface area contributed by atoms with E-state index in [-0.39, 0.29) is 18.6 Å². The summed E-state index contributed by atoms with van der Waals surface area (Å²) in [5.74, 6) is 0.941. The molecule has 8 nitrogen and oxygen atoms in total. The minimum Gasteiger partial charge on any atom is -0.490 e. The van der Waals surface area contributed by atoms with Gasteiger partial charge in [-0.2, -0.15) is 0 Å². The summed E-state index contributed by atoms with van der Waals surface area (Å²) in [7, 11) is 0. The van der Waals surface area contributed by atoms with Crippen molar-refractivity contribution in [2.75, 3.05) is 19.7 Å². The Kier molecular flexibility index (Phi) is 8.17. The lowest BCUT2D eigenvalue weighted by Gasteiger charge is -2.31. The molecule has 0 unspecified atom stereocenters. The highest BCUT2D eigenvalue weighted by atomic mass is 16.6. The zero-order valence-electron chi connectivity index (χ0n) is 19.3. The van der Waals surface area contributed by atoms with Crippen LogP contribution < -0.4 is 14.2 Å². The van der Waals surface area contributed by atoms with Gasteiger partial charge < -0.3 is 24.2 Å². The third kappa shape index (κ3) is 7.46. The molecule has 1 amide bonds. The third-order valence-electron chi connectivity index (χ3n) is 5.69. The standard InChI is InChI=1S/C27H28N2O6/c30-26(31)19-21-6-10-22(11-7-21)34-24-12-16-29(17-13-24)27(32)35-23-8-4-20(5-9-23)14-18-33-25-3-1-2-15-28-25/h1-11,15,24H,12-14,16-19H2,(H,30,31). The van der Waals surface area contributed by atoms with E-state index in [0.29, 0.717) is 49.9 Å². The van der Waals surface area contributed by atoms with Crippen LogP contribution >= 0.6 is 0 Å². The summed E-state index contributed by atoms with van der Waals surface area (Å²) in [5.41, 5.74) is 1.81. The quantitative estimate of drug-likeness (QED) is 0.490. The van der Waals surface area contributed by atoms with Crippen LogP contribution in [0.1, 0.15) is 24.0 Å². The number of rotatable bonds is 9. The number of hydrogen-bond acceptors (Lipinski definition) is 6. The van der Waals surface area contributed by atoms with Gasteiger partial charge in [0, 0.05) is 44.6 Å². The Labute approximate surface area is 204 Å². The molecule has 35 heavy (non-hydrogen) atoms. The second kappa shape index (κ2) is 11.9. The second-order valence-corrected chi connectivity index (χ2v) is 8.30. The molecule has 1 N–H and O–H groups in total.